The van der Waals surface area contributed by atoms with E-state index in [1.807, 2.05) is 0 Å². The second-order valence-electron chi connectivity index (χ2n) is 6.95. The van der Waals surface area contributed by atoms with E-state index in [4.69, 9.17) is 0 Å². The molecule has 0 aliphatic carbocycles. The van der Waals surface area contributed by atoms with Crippen LogP contribution in [0.5, 0.6) is 5.88 Å². The average Bonchev–Trinajstić information content (AvgIpc) is 3.15. The number of aromatic hydroxyl groups is 1. The maximum atomic E-state index is 13.1. The summed E-state index contributed by atoms with van der Waals surface area (Å²) in [5, 5.41) is 24.3. The molecule has 0 amide bonds. The number of aromatic nitrogens is 3. The van der Waals surface area contributed by atoms with Crippen molar-refractivity contribution >= 4 is 11.6 Å². The number of hydrogen-bond donors (Lipinski definition) is 2. The van der Waals surface area contributed by atoms with Crippen LogP contribution in [0.25, 0.3) is 28.0 Å². The molecule has 0 atom stereocenters. The quantitative estimate of drug-likeness (QED) is 0.491. The summed E-state index contributed by atoms with van der Waals surface area (Å²) in [5.41, 5.74) is -1.25. The molecule has 2 aromatic heterocycles. The van der Waals surface area contributed by atoms with Gasteiger partial charge in [0.05, 0.1) is 11.1 Å². The van der Waals surface area contributed by atoms with Crippen LogP contribution in [0.15, 0.2) is 59.4 Å². The SMILES string of the molecule is CCn1c(O)c(C(=O)O)c(=O)n2nc(-c3ccccc3)c(-c3ccc(C(F)(F)F)cc3)c12. The monoisotopic (exact) mass is 443 g/mol. The van der Waals surface area contributed by atoms with Gasteiger partial charge in [0.1, 0.15) is 5.69 Å². The summed E-state index contributed by atoms with van der Waals surface area (Å²) >= 11 is 0. The number of rotatable bonds is 4. The van der Waals surface area contributed by atoms with Gasteiger partial charge >= 0.3 is 12.1 Å². The summed E-state index contributed by atoms with van der Waals surface area (Å²) in [6.07, 6.45) is -4.53. The topological polar surface area (TPSA) is 96.8 Å². The minimum atomic E-state index is -4.53. The van der Waals surface area contributed by atoms with Crippen LogP contribution in [-0.2, 0) is 12.7 Å². The van der Waals surface area contributed by atoms with Crippen molar-refractivity contribution in [2.24, 2.45) is 0 Å². The second kappa shape index (κ2) is 7.56. The molecule has 0 spiro atoms. The Labute approximate surface area is 178 Å². The van der Waals surface area contributed by atoms with E-state index >= 15 is 0 Å². The van der Waals surface area contributed by atoms with Crippen molar-refractivity contribution in [1.29, 1.82) is 0 Å². The van der Waals surface area contributed by atoms with Gasteiger partial charge in [-0.05, 0) is 24.6 Å². The molecule has 0 saturated carbocycles. The molecule has 0 bridgehead atoms. The number of carbonyl (C=O) groups is 1. The zero-order valence-electron chi connectivity index (χ0n) is 16.6. The van der Waals surface area contributed by atoms with Crippen LogP contribution < -0.4 is 5.56 Å². The first-order valence-electron chi connectivity index (χ1n) is 9.50. The van der Waals surface area contributed by atoms with Crippen LogP contribution in [-0.4, -0.2) is 30.4 Å². The van der Waals surface area contributed by atoms with Crippen molar-refractivity contribution in [3.05, 3.63) is 76.1 Å². The zero-order valence-corrected chi connectivity index (χ0v) is 16.6. The molecule has 32 heavy (non-hydrogen) atoms. The lowest BCUT2D eigenvalue weighted by atomic mass is 9.99. The molecular weight excluding hydrogens is 427 g/mol. The van der Waals surface area contributed by atoms with Gasteiger partial charge in [-0.3, -0.25) is 9.36 Å². The Balaban J connectivity index is 2.15. The van der Waals surface area contributed by atoms with Crippen molar-refractivity contribution in [2.75, 3.05) is 0 Å². The van der Waals surface area contributed by atoms with Crippen molar-refractivity contribution in [3.63, 3.8) is 0 Å². The molecule has 7 nitrogen and oxygen atoms in total. The lowest BCUT2D eigenvalue weighted by molar-refractivity contribution is -0.137. The molecule has 0 aliphatic rings. The Morgan fingerprint density at radius 2 is 1.66 bits per heavy atom. The molecule has 0 aliphatic heterocycles. The number of carboxylic acids is 1. The Morgan fingerprint density at radius 3 is 2.19 bits per heavy atom. The fraction of sp³-hybridized carbons (Fsp3) is 0.136. The standard InChI is InChI=1S/C22H16F3N3O4/c1-2-27-18-15(12-8-10-14(11-9-12)22(23,24)25)17(13-6-4-3-5-7-13)26-28(18)20(30)16(19(27)29)21(31)32/h3-11,29H,2H2,1H3,(H,31,32). The van der Waals surface area contributed by atoms with Gasteiger partial charge in [-0.1, -0.05) is 42.5 Å². The third-order valence-electron chi connectivity index (χ3n) is 5.08. The van der Waals surface area contributed by atoms with E-state index in [0.29, 0.717) is 11.1 Å². The number of aromatic carboxylic acids is 1. The van der Waals surface area contributed by atoms with E-state index in [0.717, 1.165) is 16.6 Å². The Kier molecular flexibility index (Phi) is 5.00. The summed E-state index contributed by atoms with van der Waals surface area (Å²) in [5.74, 6) is -2.38. The average molecular weight is 443 g/mol. The van der Waals surface area contributed by atoms with Crippen molar-refractivity contribution in [1.82, 2.24) is 14.2 Å². The summed E-state index contributed by atoms with van der Waals surface area (Å²) in [4.78, 5) is 24.5. The highest BCUT2D eigenvalue weighted by Gasteiger charge is 2.31. The Hall–Kier alpha value is -4.08. The number of hydrogen-bond acceptors (Lipinski definition) is 4. The second-order valence-corrected chi connectivity index (χ2v) is 6.95. The van der Waals surface area contributed by atoms with Gasteiger partial charge in [-0.25, -0.2) is 4.79 Å². The van der Waals surface area contributed by atoms with E-state index in [1.165, 1.54) is 16.7 Å². The van der Waals surface area contributed by atoms with E-state index in [1.54, 1.807) is 37.3 Å². The molecule has 2 aromatic carbocycles. The highest BCUT2D eigenvalue weighted by atomic mass is 19.4. The van der Waals surface area contributed by atoms with E-state index in [-0.39, 0.29) is 23.4 Å². The van der Waals surface area contributed by atoms with Gasteiger partial charge in [0.15, 0.2) is 11.2 Å². The largest absolute Gasteiger partial charge is 0.494 e. The minimum absolute atomic E-state index is 0.0682. The lowest BCUT2D eigenvalue weighted by Gasteiger charge is -2.13. The number of benzene rings is 2. The van der Waals surface area contributed by atoms with Gasteiger partial charge in [-0.15, -0.1) is 0 Å². The molecule has 4 rings (SSSR count). The lowest BCUT2D eigenvalue weighted by Crippen LogP contribution is -2.26. The third kappa shape index (κ3) is 3.29. The number of nitrogens with zero attached hydrogens (tertiary/aromatic N) is 3. The van der Waals surface area contributed by atoms with Crippen LogP contribution in [0.3, 0.4) is 0 Å². The Bertz CT molecular complexity index is 1390. The van der Waals surface area contributed by atoms with Crippen molar-refractivity contribution in [2.45, 2.75) is 19.6 Å². The van der Waals surface area contributed by atoms with Crippen molar-refractivity contribution < 1.29 is 28.2 Å². The predicted octanol–water partition coefficient (Wildman–Crippen LogP) is 4.27. The molecule has 0 unspecified atom stereocenters. The Morgan fingerprint density at radius 1 is 1.03 bits per heavy atom. The summed E-state index contributed by atoms with van der Waals surface area (Å²) < 4.78 is 41.2. The maximum Gasteiger partial charge on any atom is 0.416 e. The summed E-state index contributed by atoms with van der Waals surface area (Å²) in [6.45, 7) is 1.70. The van der Waals surface area contributed by atoms with Crippen LogP contribution in [0, 0.1) is 0 Å². The smallest absolute Gasteiger partial charge is 0.416 e. The summed E-state index contributed by atoms with van der Waals surface area (Å²) in [6, 6.07) is 12.9. The molecule has 0 saturated heterocycles. The van der Waals surface area contributed by atoms with Gasteiger partial charge in [0.25, 0.3) is 5.56 Å². The molecule has 0 fully saturated rings. The fourth-order valence-electron chi connectivity index (χ4n) is 3.61. The fourth-order valence-corrected chi connectivity index (χ4v) is 3.61. The molecule has 2 N–H and O–H groups in total. The van der Waals surface area contributed by atoms with Gasteiger partial charge < -0.3 is 10.2 Å². The van der Waals surface area contributed by atoms with Gasteiger partial charge in [-0.2, -0.15) is 22.8 Å². The number of aryl methyl sites for hydroxylation is 1. The van der Waals surface area contributed by atoms with Crippen LogP contribution in [0.4, 0.5) is 13.2 Å². The van der Waals surface area contributed by atoms with E-state index < -0.39 is 34.7 Å². The first-order valence-corrected chi connectivity index (χ1v) is 9.50. The third-order valence-corrected chi connectivity index (χ3v) is 5.08. The molecular formula is C22H16F3N3O4. The molecule has 2 heterocycles. The number of fused-ring (bicyclic) bond motifs is 1. The minimum Gasteiger partial charge on any atom is -0.494 e. The highest BCUT2D eigenvalue weighted by Crippen LogP contribution is 2.38. The van der Waals surface area contributed by atoms with Crippen LogP contribution >= 0.6 is 0 Å². The maximum absolute atomic E-state index is 13.1. The normalized spacial score (nSPS) is 11.8. The molecule has 4 aromatic rings. The van der Waals surface area contributed by atoms with Gasteiger partial charge in [0.2, 0.25) is 5.88 Å². The molecule has 10 heteroatoms. The number of carboxylic acid groups (broad SMARTS) is 1. The number of alkyl halides is 3. The van der Waals surface area contributed by atoms with Gasteiger partial charge in [0, 0.05) is 12.1 Å². The van der Waals surface area contributed by atoms with Crippen LogP contribution in [0.1, 0.15) is 22.8 Å². The summed E-state index contributed by atoms with van der Waals surface area (Å²) in [7, 11) is 0. The van der Waals surface area contributed by atoms with Crippen LogP contribution in [0.2, 0.25) is 0 Å². The predicted molar refractivity (Wildman–Crippen MR) is 110 cm³/mol. The first-order chi connectivity index (χ1) is 15.1. The zero-order chi connectivity index (χ0) is 23.2. The highest BCUT2D eigenvalue weighted by molar-refractivity contribution is 5.94. The van der Waals surface area contributed by atoms with Crippen molar-refractivity contribution in [3.8, 4) is 28.3 Å². The van der Waals surface area contributed by atoms with E-state index in [2.05, 4.69) is 5.10 Å². The molecule has 164 valence electrons. The first kappa shape index (κ1) is 21.2. The number of halogens is 3. The molecule has 0 radical (unpaired) electrons. The van der Waals surface area contributed by atoms with E-state index in [9.17, 15) is 33.0 Å².